The summed E-state index contributed by atoms with van der Waals surface area (Å²) in [6, 6.07) is 15.4. The summed E-state index contributed by atoms with van der Waals surface area (Å²) in [5, 5.41) is 0.770. The molecule has 1 aliphatic carbocycles. The smallest absolute Gasteiger partial charge is 0.202 e. The number of anilines is 1. The SMILES string of the molecule is CCCCN(CCCC)c1ccc(/C(=C2\C=CC(=[N+](CCCC)CCCC)C(C)=C2)c2ccc(Cl)cc2)cc1C. The van der Waals surface area contributed by atoms with Gasteiger partial charge in [0.25, 0.3) is 0 Å². The summed E-state index contributed by atoms with van der Waals surface area (Å²) >= 11 is 6.32. The second-order valence-corrected chi connectivity index (χ2v) is 11.7. The van der Waals surface area contributed by atoms with Gasteiger partial charge in [0, 0.05) is 48.3 Å². The van der Waals surface area contributed by atoms with Crippen molar-refractivity contribution in [1.82, 2.24) is 0 Å². The number of unbranched alkanes of at least 4 members (excludes halogenated alkanes) is 4. The summed E-state index contributed by atoms with van der Waals surface area (Å²) in [6.07, 6.45) is 16.9. The van der Waals surface area contributed by atoms with Gasteiger partial charge in [-0.05, 0) is 90.9 Å². The van der Waals surface area contributed by atoms with Crippen LogP contribution in [0, 0.1) is 6.92 Å². The Balaban J connectivity index is 2.10. The van der Waals surface area contributed by atoms with Gasteiger partial charge < -0.3 is 4.90 Å². The minimum Gasteiger partial charge on any atom is -0.371 e. The molecule has 0 amide bonds. The van der Waals surface area contributed by atoms with Gasteiger partial charge in [0.15, 0.2) is 0 Å². The van der Waals surface area contributed by atoms with Gasteiger partial charge in [-0.15, -0.1) is 0 Å². The molecule has 0 fully saturated rings. The van der Waals surface area contributed by atoms with Gasteiger partial charge in [0.2, 0.25) is 5.71 Å². The van der Waals surface area contributed by atoms with Crippen molar-refractivity contribution in [3.05, 3.63) is 93.6 Å². The highest BCUT2D eigenvalue weighted by Crippen LogP contribution is 2.34. The molecule has 0 spiro atoms. The van der Waals surface area contributed by atoms with E-state index < -0.39 is 0 Å². The van der Waals surface area contributed by atoms with Gasteiger partial charge in [-0.3, -0.25) is 0 Å². The zero-order valence-corrected chi connectivity index (χ0v) is 26.8. The van der Waals surface area contributed by atoms with E-state index in [0.29, 0.717) is 0 Å². The molecule has 0 bridgehead atoms. The van der Waals surface area contributed by atoms with Crippen LogP contribution in [0.3, 0.4) is 0 Å². The van der Waals surface area contributed by atoms with Gasteiger partial charge in [-0.1, -0.05) is 83.2 Å². The van der Waals surface area contributed by atoms with Gasteiger partial charge >= 0.3 is 0 Å². The van der Waals surface area contributed by atoms with Gasteiger partial charge in [-0.25, -0.2) is 4.58 Å². The van der Waals surface area contributed by atoms with E-state index in [2.05, 4.69) is 99.6 Å². The van der Waals surface area contributed by atoms with Gasteiger partial charge in [0.1, 0.15) is 13.1 Å². The van der Waals surface area contributed by atoms with Crippen LogP contribution in [0.15, 0.2) is 71.8 Å². The van der Waals surface area contributed by atoms with Gasteiger partial charge in [0.05, 0.1) is 0 Å². The largest absolute Gasteiger partial charge is 0.371 e. The fraction of sp³-hybridized carbons (Fsp3) is 0.486. The minimum absolute atomic E-state index is 0.770. The Morgan fingerprint density at radius 2 is 1.30 bits per heavy atom. The van der Waals surface area contributed by atoms with E-state index in [0.717, 1.165) is 31.2 Å². The Labute approximate surface area is 250 Å². The Morgan fingerprint density at radius 1 is 0.725 bits per heavy atom. The molecule has 3 rings (SSSR count). The van der Waals surface area contributed by atoms with Crippen molar-refractivity contribution in [2.75, 3.05) is 31.1 Å². The lowest BCUT2D eigenvalue weighted by molar-refractivity contribution is -0.527. The molecule has 0 radical (unpaired) electrons. The van der Waals surface area contributed by atoms with E-state index in [1.807, 2.05) is 12.1 Å². The Kier molecular flexibility index (Phi) is 13.3. The number of benzene rings is 2. The normalized spacial score (nSPS) is 14.4. The average Bonchev–Trinajstić information content (AvgIpc) is 2.95. The molecular formula is C37H52ClN2+. The van der Waals surface area contributed by atoms with E-state index in [-0.39, 0.29) is 0 Å². The lowest BCUT2D eigenvalue weighted by Crippen LogP contribution is -2.26. The molecular weight excluding hydrogens is 508 g/mol. The van der Waals surface area contributed by atoms with Crippen molar-refractivity contribution in [3.8, 4) is 0 Å². The molecule has 2 nitrogen and oxygen atoms in total. The molecule has 3 heteroatoms. The maximum Gasteiger partial charge on any atom is 0.202 e. The van der Waals surface area contributed by atoms with Crippen LogP contribution < -0.4 is 4.90 Å². The van der Waals surface area contributed by atoms with Crippen LogP contribution in [0.2, 0.25) is 5.02 Å². The highest BCUT2D eigenvalue weighted by Gasteiger charge is 2.20. The van der Waals surface area contributed by atoms with Crippen molar-refractivity contribution in [2.45, 2.75) is 92.9 Å². The van der Waals surface area contributed by atoms with Crippen LogP contribution in [0.25, 0.3) is 5.57 Å². The van der Waals surface area contributed by atoms with E-state index in [4.69, 9.17) is 11.6 Å². The van der Waals surface area contributed by atoms with Gasteiger partial charge in [-0.2, -0.15) is 0 Å². The molecule has 0 aliphatic heterocycles. The van der Waals surface area contributed by atoms with Crippen molar-refractivity contribution in [2.24, 2.45) is 0 Å². The third-order valence-electron chi connectivity index (χ3n) is 7.91. The van der Waals surface area contributed by atoms with Crippen LogP contribution >= 0.6 is 11.6 Å². The maximum absolute atomic E-state index is 6.32. The molecule has 2 aromatic rings. The van der Waals surface area contributed by atoms with Crippen LogP contribution in [0.5, 0.6) is 0 Å². The molecule has 0 saturated heterocycles. The second kappa shape index (κ2) is 16.6. The molecule has 216 valence electrons. The highest BCUT2D eigenvalue weighted by atomic mass is 35.5. The Hall–Kier alpha value is -2.58. The molecule has 40 heavy (non-hydrogen) atoms. The molecule has 2 aromatic carbocycles. The number of rotatable bonds is 15. The Bertz CT molecular complexity index is 1200. The van der Waals surface area contributed by atoms with Crippen molar-refractivity contribution in [3.63, 3.8) is 0 Å². The lowest BCUT2D eigenvalue weighted by atomic mass is 9.88. The predicted octanol–water partition coefficient (Wildman–Crippen LogP) is 10.4. The standard InChI is InChI=1S/C37H52ClN2/c1-7-11-23-39(24-12-8-2)35-21-17-32(27-29(35)5)37(31-15-19-34(38)20-16-31)33-18-22-36(30(6)28-33)40(25-13-9-3)26-14-10-4/h15-22,27-28H,7-14,23-26H2,1-6H3/q+1. The average molecular weight is 560 g/mol. The zero-order chi connectivity index (χ0) is 28.9. The van der Waals surface area contributed by atoms with E-state index >= 15 is 0 Å². The summed E-state index contributed by atoms with van der Waals surface area (Å²) in [5.41, 5.74) is 10.4. The van der Waals surface area contributed by atoms with E-state index in [1.165, 1.54) is 96.2 Å². The number of aryl methyl sites for hydroxylation is 1. The topological polar surface area (TPSA) is 6.25 Å². The summed E-state index contributed by atoms with van der Waals surface area (Å²) in [6.45, 7) is 18.2. The first-order valence-electron chi connectivity index (χ1n) is 15.8. The van der Waals surface area contributed by atoms with E-state index in [9.17, 15) is 0 Å². The summed E-state index contributed by atoms with van der Waals surface area (Å²) in [4.78, 5) is 2.59. The quantitative estimate of drug-likeness (QED) is 0.197. The van der Waals surface area contributed by atoms with Crippen molar-refractivity contribution in [1.29, 1.82) is 0 Å². The summed E-state index contributed by atoms with van der Waals surface area (Å²) in [7, 11) is 0. The first-order valence-corrected chi connectivity index (χ1v) is 16.2. The van der Waals surface area contributed by atoms with Crippen LogP contribution in [-0.2, 0) is 0 Å². The minimum atomic E-state index is 0.770. The number of nitrogens with zero attached hydrogens (tertiary/aromatic N) is 2. The molecule has 0 heterocycles. The molecule has 0 N–H and O–H groups in total. The molecule has 0 saturated carbocycles. The molecule has 0 aromatic heterocycles. The third kappa shape index (κ3) is 8.71. The predicted molar refractivity (Wildman–Crippen MR) is 178 cm³/mol. The molecule has 1 aliphatic rings. The summed E-state index contributed by atoms with van der Waals surface area (Å²) in [5.74, 6) is 0. The number of hydrogen-bond donors (Lipinski definition) is 0. The fourth-order valence-electron chi connectivity index (χ4n) is 5.55. The second-order valence-electron chi connectivity index (χ2n) is 11.3. The van der Waals surface area contributed by atoms with Crippen LogP contribution in [0.4, 0.5) is 5.69 Å². The van der Waals surface area contributed by atoms with Crippen LogP contribution in [-0.4, -0.2) is 36.5 Å². The maximum atomic E-state index is 6.32. The monoisotopic (exact) mass is 559 g/mol. The molecule has 0 unspecified atom stereocenters. The molecule has 0 atom stereocenters. The fourth-order valence-corrected chi connectivity index (χ4v) is 5.68. The third-order valence-corrected chi connectivity index (χ3v) is 8.16. The first kappa shape index (κ1) is 31.9. The zero-order valence-electron chi connectivity index (χ0n) is 26.0. The number of allylic oxidation sites excluding steroid dienone is 5. The highest BCUT2D eigenvalue weighted by molar-refractivity contribution is 6.30. The van der Waals surface area contributed by atoms with Crippen LogP contribution in [0.1, 0.15) is 103 Å². The number of halogens is 1. The summed E-state index contributed by atoms with van der Waals surface area (Å²) < 4.78 is 2.59. The number of hydrogen-bond acceptors (Lipinski definition) is 1. The Morgan fingerprint density at radius 3 is 1.82 bits per heavy atom. The van der Waals surface area contributed by atoms with Crippen molar-refractivity contribution >= 4 is 28.6 Å². The lowest BCUT2D eigenvalue weighted by Gasteiger charge is -2.27. The van der Waals surface area contributed by atoms with Crippen molar-refractivity contribution < 1.29 is 4.58 Å². The first-order chi connectivity index (χ1) is 19.4. The van der Waals surface area contributed by atoms with E-state index in [1.54, 1.807) is 0 Å².